The number of fused-ring (bicyclic) bond motifs is 1. The van der Waals surface area contributed by atoms with Gasteiger partial charge in [-0.25, -0.2) is 0 Å². The van der Waals surface area contributed by atoms with Crippen molar-refractivity contribution >= 4 is 5.91 Å². The summed E-state index contributed by atoms with van der Waals surface area (Å²) in [4.78, 5) is 12.5. The third kappa shape index (κ3) is 3.42. The number of carbonyl (C=O) groups excluding carboxylic acids is 1. The van der Waals surface area contributed by atoms with Gasteiger partial charge in [-0.05, 0) is 49.4 Å². The van der Waals surface area contributed by atoms with E-state index in [9.17, 15) is 4.79 Å². The summed E-state index contributed by atoms with van der Waals surface area (Å²) >= 11 is 0. The van der Waals surface area contributed by atoms with Crippen molar-refractivity contribution in [2.24, 2.45) is 0 Å². The number of ether oxygens (including phenoxy) is 1. The van der Waals surface area contributed by atoms with Crippen molar-refractivity contribution in [3.63, 3.8) is 0 Å². The maximum atomic E-state index is 12.5. The van der Waals surface area contributed by atoms with E-state index >= 15 is 0 Å². The van der Waals surface area contributed by atoms with E-state index in [1.807, 2.05) is 23.6 Å². The van der Waals surface area contributed by atoms with Gasteiger partial charge >= 0.3 is 0 Å². The molecule has 1 aliphatic carbocycles. The molecule has 1 amide bonds. The fraction of sp³-hybridized carbons (Fsp3) is 0.471. The maximum absolute atomic E-state index is 12.5. The molecule has 0 bridgehead atoms. The zero-order valence-corrected chi connectivity index (χ0v) is 13.6. The van der Waals surface area contributed by atoms with Crippen molar-refractivity contribution in [2.45, 2.75) is 38.8 Å². The van der Waals surface area contributed by atoms with Gasteiger partial charge in [0.05, 0.1) is 12.6 Å². The van der Waals surface area contributed by atoms with E-state index < -0.39 is 0 Å². The molecule has 1 unspecified atom stereocenters. The molecule has 1 N–H and O–H groups in total. The Bertz CT molecular complexity index is 696. The molecule has 6 heteroatoms. The number of nitrogens with zero attached hydrogens (tertiary/aromatic N) is 3. The molecule has 1 heterocycles. The summed E-state index contributed by atoms with van der Waals surface area (Å²) in [6, 6.07) is 5.78. The number of amides is 1. The average Bonchev–Trinajstić information content (AvgIpc) is 3.20. The highest BCUT2D eigenvalue weighted by atomic mass is 16.5. The quantitative estimate of drug-likeness (QED) is 0.884. The topological polar surface area (TPSA) is 69.0 Å². The molecule has 0 saturated heterocycles. The van der Waals surface area contributed by atoms with E-state index in [0.29, 0.717) is 18.7 Å². The van der Waals surface area contributed by atoms with E-state index in [0.717, 1.165) is 18.7 Å². The van der Waals surface area contributed by atoms with Crippen LogP contribution in [0.5, 0.6) is 0 Å². The molecule has 0 aliphatic heterocycles. The Kier molecular flexibility index (Phi) is 4.71. The molecule has 0 saturated carbocycles. The molecule has 1 aliphatic rings. The summed E-state index contributed by atoms with van der Waals surface area (Å²) in [7, 11) is 1.66. The molecule has 1 atom stereocenters. The first kappa shape index (κ1) is 15.7. The lowest BCUT2D eigenvalue weighted by Crippen LogP contribution is -2.29. The minimum absolute atomic E-state index is 0.0755. The van der Waals surface area contributed by atoms with Crippen LogP contribution in [0.25, 0.3) is 0 Å². The Morgan fingerprint density at radius 1 is 1.39 bits per heavy atom. The highest BCUT2D eigenvalue weighted by Gasteiger charge is 2.18. The minimum atomic E-state index is -0.213. The van der Waals surface area contributed by atoms with Gasteiger partial charge in [-0.1, -0.05) is 6.07 Å². The van der Waals surface area contributed by atoms with Crippen LogP contribution in [0.2, 0.25) is 0 Å². The number of aryl methyl sites for hydroxylation is 2. The molecule has 6 nitrogen and oxygen atoms in total. The summed E-state index contributed by atoms with van der Waals surface area (Å²) in [6.07, 6.45) is 5.03. The molecule has 1 aromatic heterocycles. The first-order valence-corrected chi connectivity index (χ1v) is 7.98. The minimum Gasteiger partial charge on any atom is -0.383 e. The Labute approximate surface area is 135 Å². The lowest BCUT2D eigenvalue weighted by Gasteiger charge is -2.15. The van der Waals surface area contributed by atoms with E-state index in [2.05, 4.69) is 21.6 Å². The Hall–Kier alpha value is -2.21. The third-order valence-electron chi connectivity index (χ3n) is 4.28. The largest absolute Gasteiger partial charge is 0.383 e. The predicted molar refractivity (Wildman–Crippen MR) is 86.2 cm³/mol. The standard InChI is InChI=1S/C17H22N4O2/c1-12(16-20-18-11-21(16)8-9-23-2)19-17(22)15-7-6-13-4-3-5-14(13)10-15/h6-7,10-12H,3-5,8-9H2,1-2H3,(H,19,22). The molecule has 1 aromatic carbocycles. The van der Waals surface area contributed by atoms with Crippen LogP contribution in [-0.4, -0.2) is 34.4 Å². The smallest absolute Gasteiger partial charge is 0.251 e. The fourth-order valence-electron chi connectivity index (χ4n) is 3.02. The fourth-order valence-corrected chi connectivity index (χ4v) is 3.02. The van der Waals surface area contributed by atoms with Crippen LogP contribution in [0.3, 0.4) is 0 Å². The average molecular weight is 314 g/mol. The van der Waals surface area contributed by atoms with Crippen LogP contribution in [0.15, 0.2) is 24.5 Å². The van der Waals surface area contributed by atoms with Crippen LogP contribution in [0, 0.1) is 0 Å². The summed E-state index contributed by atoms with van der Waals surface area (Å²) in [6.45, 7) is 3.16. The molecule has 2 aromatic rings. The van der Waals surface area contributed by atoms with E-state index in [1.165, 1.54) is 17.5 Å². The number of benzene rings is 1. The first-order valence-electron chi connectivity index (χ1n) is 7.98. The first-order chi connectivity index (χ1) is 11.2. The maximum Gasteiger partial charge on any atom is 0.251 e. The summed E-state index contributed by atoms with van der Waals surface area (Å²) in [5.41, 5.74) is 3.38. The Balaban J connectivity index is 1.69. The van der Waals surface area contributed by atoms with Gasteiger partial charge < -0.3 is 14.6 Å². The van der Waals surface area contributed by atoms with Gasteiger partial charge in [-0.2, -0.15) is 0 Å². The highest BCUT2D eigenvalue weighted by Crippen LogP contribution is 2.23. The van der Waals surface area contributed by atoms with Gasteiger partial charge in [0.25, 0.3) is 5.91 Å². The number of rotatable bonds is 6. The van der Waals surface area contributed by atoms with Crippen molar-refractivity contribution in [2.75, 3.05) is 13.7 Å². The normalized spacial score (nSPS) is 14.5. The van der Waals surface area contributed by atoms with Crippen molar-refractivity contribution < 1.29 is 9.53 Å². The van der Waals surface area contributed by atoms with Crippen LogP contribution in [0.1, 0.15) is 46.7 Å². The molecule has 3 rings (SSSR count). The summed E-state index contributed by atoms with van der Waals surface area (Å²) in [5.74, 6) is 0.657. The molecule has 23 heavy (non-hydrogen) atoms. The third-order valence-corrected chi connectivity index (χ3v) is 4.28. The Morgan fingerprint density at radius 3 is 3.04 bits per heavy atom. The van der Waals surface area contributed by atoms with Crippen molar-refractivity contribution in [3.8, 4) is 0 Å². The number of aromatic nitrogens is 3. The van der Waals surface area contributed by atoms with Crippen molar-refractivity contribution in [1.82, 2.24) is 20.1 Å². The molecule has 122 valence electrons. The predicted octanol–water partition coefficient (Wildman–Crippen LogP) is 1.90. The van der Waals surface area contributed by atoms with Crippen LogP contribution in [-0.2, 0) is 24.1 Å². The lowest BCUT2D eigenvalue weighted by atomic mass is 10.1. The number of nitrogens with one attached hydrogen (secondary N) is 1. The second-order valence-corrected chi connectivity index (χ2v) is 5.91. The zero-order valence-electron chi connectivity index (χ0n) is 13.6. The summed E-state index contributed by atoms with van der Waals surface area (Å²) in [5, 5.41) is 11.0. The molecule has 0 spiro atoms. The van der Waals surface area contributed by atoms with Crippen LogP contribution < -0.4 is 5.32 Å². The van der Waals surface area contributed by atoms with Gasteiger partial charge in [0, 0.05) is 19.2 Å². The van der Waals surface area contributed by atoms with Gasteiger partial charge in [0.15, 0.2) is 5.82 Å². The van der Waals surface area contributed by atoms with Crippen LogP contribution >= 0.6 is 0 Å². The summed E-state index contributed by atoms with van der Waals surface area (Å²) < 4.78 is 6.98. The lowest BCUT2D eigenvalue weighted by molar-refractivity contribution is 0.0937. The Morgan fingerprint density at radius 2 is 2.22 bits per heavy atom. The zero-order chi connectivity index (χ0) is 16.2. The number of carbonyl (C=O) groups is 1. The van der Waals surface area contributed by atoms with Gasteiger partial charge in [0.2, 0.25) is 0 Å². The SMILES string of the molecule is COCCn1cnnc1C(C)NC(=O)c1ccc2c(c1)CCC2. The molecule has 0 fully saturated rings. The molecular weight excluding hydrogens is 292 g/mol. The molecule has 0 radical (unpaired) electrons. The van der Waals surface area contributed by atoms with E-state index in [4.69, 9.17) is 4.74 Å². The van der Waals surface area contributed by atoms with Crippen molar-refractivity contribution in [1.29, 1.82) is 0 Å². The van der Waals surface area contributed by atoms with Crippen LogP contribution in [0.4, 0.5) is 0 Å². The van der Waals surface area contributed by atoms with Gasteiger partial charge in [0.1, 0.15) is 6.33 Å². The number of hydrogen-bond acceptors (Lipinski definition) is 4. The second-order valence-electron chi connectivity index (χ2n) is 5.91. The number of methoxy groups -OCH3 is 1. The molecular formula is C17H22N4O2. The van der Waals surface area contributed by atoms with Gasteiger partial charge in [-0.15, -0.1) is 10.2 Å². The van der Waals surface area contributed by atoms with E-state index in [1.54, 1.807) is 13.4 Å². The van der Waals surface area contributed by atoms with Crippen molar-refractivity contribution in [3.05, 3.63) is 47.0 Å². The highest BCUT2D eigenvalue weighted by molar-refractivity contribution is 5.94. The van der Waals surface area contributed by atoms with E-state index in [-0.39, 0.29) is 11.9 Å². The second kappa shape index (κ2) is 6.91. The monoisotopic (exact) mass is 314 g/mol. The number of hydrogen-bond donors (Lipinski definition) is 1. The van der Waals surface area contributed by atoms with Gasteiger partial charge in [-0.3, -0.25) is 4.79 Å².